The molecular weight excluding hydrogens is 312 g/mol. The van der Waals surface area contributed by atoms with Gasteiger partial charge >= 0.3 is 0 Å². The smallest absolute Gasteiger partial charge is 0.271 e. The number of rotatable bonds is 7. The maximum absolute atomic E-state index is 11.8. The van der Waals surface area contributed by atoms with Crippen molar-refractivity contribution in [3.05, 3.63) is 52.9 Å². The molecule has 0 spiro atoms. The number of nitrogens with one attached hydrogen (secondary N) is 2. The molecule has 0 bridgehead atoms. The Bertz CT molecular complexity index is 626. The molecular formula is C17H21ClN4O. The highest BCUT2D eigenvalue weighted by atomic mass is 35.5. The minimum atomic E-state index is -0.195. The number of amides is 1. The van der Waals surface area contributed by atoms with Gasteiger partial charge in [-0.15, -0.1) is 0 Å². The van der Waals surface area contributed by atoms with Gasteiger partial charge in [-0.25, -0.2) is 9.97 Å². The summed E-state index contributed by atoms with van der Waals surface area (Å²) in [5.74, 6) is 0.860. The van der Waals surface area contributed by atoms with Gasteiger partial charge in [0, 0.05) is 18.1 Å². The quantitative estimate of drug-likeness (QED) is 0.817. The Labute approximate surface area is 141 Å². The summed E-state index contributed by atoms with van der Waals surface area (Å²) in [7, 11) is 0. The average molecular weight is 333 g/mol. The molecule has 1 heterocycles. The van der Waals surface area contributed by atoms with Crippen molar-refractivity contribution in [3.63, 3.8) is 0 Å². The van der Waals surface area contributed by atoms with Crippen LogP contribution in [0.4, 0.5) is 5.82 Å². The van der Waals surface area contributed by atoms with Crippen molar-refractivity contribution in [3.8, 4) is 0 Å². The second-order valence-electron chi connectivity index (χ2n) is 5.69. The number of hydrogen-bond donors (Lipinski definition) is 2. The number of benzene rings is 1. The first-order valence-corrected chi connectivity index (χ1v) is 8.01. The van der Waals surface area contributed by atoms with E-state index in [1.54, 1.807) is 6.20 Å². The van der Waals surface area contributed by atoms with Gasteiger partial charge in [-0.2, -0.15) is 0 Å². The predicted octanol–water partition coefficient (Wildman–Crippen LogP) is 3.17. The van der Waals surface area contributed by atoms with Gasteiger partial charge in [0.25, 0.3) is 5.91 Å². The lowest BCUT2D eigenvalue weighted by molar-refractivity contribution is 0.0943. The molecule has 5 nitrogen and oxygen atoms in total. The Morgan fingerprint density at radius 2 is 1.91 bits per heavy atom. The average Bonchev–Trinajstić information content (AvgIpc) is 2.55. The minimum Gasteiger partial charge on any atom is -0.368 e. The Hall–Kier alpha value is -2.14. The first-order chi connectivity index (χ1) is 11.0. The van der Waals surface area contributed by atoms with Gasteiger partial charge in [0.2, 0.25) is 0 Å². The summed E-state index contributed by atoms with van der Waals surface area (Å²) in [5, 5.41) is 6.74. The maximum atomic E-state index is 11.8. The van der Waals surface area contributed by atoms with E-state index in [9.17, 15) is 4.79 Å². The third-order valence-electron chi connectivity index (χ3n) is 3.19. The second kappa shape index (κ2) is 8.48. The van der Waals surface area contributed by atoms with E-state index in [1.807, 2.05) is 38.1 Å². The van der Waals surface area contributed by atoms with Crippen LogP contribution in [0.3, 0.4) is 0 Å². The molecule has 0 aliphatic rings. The van der Waals surface area contributed by atoms with Crippen LogP contribution in [0.5, 0.6) is 0 Å². The van der Waals surface area contributed by atoms with Gasteiger partial charge in [0.15, 0.2) is 0 Å². The fourth-order valence-electron chi connectivity index (χ4n) is 1.91. The largest absolute Gasteiger partial charge is 0.368 e. The van der Waals surface area contributed by atoms with E-state index in [0.29, 0.717) is 24.0 Å². The van der Waals surface area contributed by atoms with Gasteiger partial charge in [-0.3, -0.25) is 4.79 Å². The molecule has 0 unspecified atom stereocenters. The number of anilines is 1. The molecule has 0 fully saturated rings. The SMILES string of the molecule is CC(C)CNC(=O)c1cnc(NCCc2ccc(Cl)cc2)cn1. The highest BCUT2D eigenvalue weighted by Gasteiger charge is 2.08. The van der Waals surface area contributed by atoms with Crippen molar-refractivity contribution in [2.75, 3.05) is 18.4 Å². The highest BCUT2D eigenvalue weighted by Crippen LogP contribution is 2.10. The monoisotopic (exact) mass is 332 g/mol. The molecule has 1 aromatic carbocycles. The van der Waals surface area contributed by atoms with E-state index in [4.69, 9.17) is 11.6 Å². The van der Waals surface area contributed by atoms with E-state index < -0.39 is 0 Å². The molecule has 23 heavy (non-hydrogen) atoms. The zero-order valence-corrected chi connectivity index (χ0v) is 14.1. The fraction of sp³-hybridized carbons (Fsp3) is 0.353. The minimum absolute atomic E-state index is 0.195. The molecule has 0 saturated carbocycles. The Morgan fingerprint density at radius 3 is 2.52 bits per heavy atom. The first-order valence-electron chi connectivity index (χ1n) is 7.63. The van der Waals surface area contributed by atoms with Crippen molar-refractivity contribution in [1.82, 2.24) is 15.3 Å². The predicted molar refractivity (Wildman–Crippen MR) is 92.8 cm³/mol. The Kier molecular flexibility index (Phi) is 6.35. The van der Waals surface area contributed by atoms with Crippen molar-refractivity contribution < 1.29 is 4.79 Å². The molecule has 0 radical (unpaired) electrons. The van der Waals surface area contributed by atoms with E-state index in [-0.39, 0.29) is 5.91 Å². The van der Waals surface area contributed by atoms with E-state index >= 15 is 0 Å². The molecule has 0 aliphatic carbocycles. The normalized spacial score (nSPS) is 10.6. The van der Waals surface area contributed by atoms with Crippen LogP contribution in [0.15, 0.2) is 36.7 Å². The maximum Gasteiger partial charge on any atom is 0.271 e. The van der Waals surface area contributed by atoms with Crippen LogP contribution in [0.1, 0.15) is 29.9 Å². The third kappa shape index (κ3) is 5.87. The molecule has 2 aromatic rings. The number of carbonyl (C=O) groups is 1. The van der Waals surface area contributed by atoms with Crippen molar-refractivity contribution in [1.29, 1.82) is 0 Å². The van der Waals surface area contributed by atoms with Crippen LogP contribution in [-0.2, 0) is 6.42 Å². The van der Waals surface area contributed by atoms with Crippen LogP contribution in [-0.4, -0.2) is 29.0 Å². The number of hydrogen-bond acceptors (Lipinski definition) is 4. The molecule has 2 N–H and O–H groups in total. The van der Waals surface area contributed by atoms with E-state index in [2.05, 4.69) is 20.6 Å². The summed E-state index contributed by atoms with van der Waals surface area (Å²) >= 11 is 5.86. The van der Waals surface area contributed by atoms with Crippen molar-refractivity contribution in [2.45, 2.75) is 20.3 Å². The summed E-state index contributed by atoms with van der Waals surface area (Å²) in [6.45, 7) is 5.44. The lowest BCUT2D eigenvalue weighted by Gasteiger charge is -2.08. The van der Waals surface area contributed by atoms with Crippen LogP contribution in [0.2, 0.25) is 5.02 Å². The standard InChI is InChI=1S/C17H21ClN4O/c1-12(2)9-22-17(23)15-10-21-16(11-20-15)19-8-7-13-3-5-14(18)6-4-13/h3-6,10-12H,7-9H2,1-2H3,(H,19,21)(H,22,23). The topological polar surface area (TPSA) is 66.9 Å². The van der Waals surface area contributed by atoms with Crippen LogP contribution >= 0.6 is 11.6 Å². The molecule has 2 rings (SSSR count). The van der Waals surface area contributed by atoms with Crippen LogP contribution < -0.4 is 10.6 Å². The molecule has 0 aliphatic heterocycles. The summed E-state index contributed by atoms with van der Waals surface area (Å²) < 4.78 is 0. The molecule has 1 amide bonds. The summed E-state index contributed by atoms with van der Waals surface area (Å²) in [6, 6.07) is 7.75. The van der Waals surface area contributed by atoms with Crippen molar-refractivity contribution >= 4 is 23.3 Å². The number of halogens is 1. The Morgan fingerprint density at radius 1 is 1.17 bits per heavy atom. The second-order valence-corrected chi connectivity index (χ2v) is 6.13. The number of carbonyl (C=O) groups excluding carboxylic acids is 1. The van der Waals surface area contributed by atoms with Gasteiger partial charge < -0.3 is 10.6 Å². The van der Waals surface area contributed by atoms with Crippen LogP contribution in [0.25, 0.3) is 0 Å². The molecule has 122 valence electrons. The third-order valence-corrected chi connectivity index (χ3v) is 3.44. The highest BCUT2D eigenvalue weighted by molar-refractivity contribution is 6.30. The number of nitrogens with zero attached hydrogens (tertiary/aromatic N) is 2. The first kappa shape index (κ1) is 17.2. The lowest BCUT2D eigenvalue weighted by atomic mass is 10.1. The lowest BCUT2D eigenvalue weighted by Crippen LogP contribution is -2.28. The van der Waals surface area contributed by atoms with E-state index in [0.717, 1.165) is 18.0 Å². The zero-order valence-electron chi connectivity index (χ0n) is 13.3. The molecule has 0 atom stereocenters. The van der Waals surface area contributed by atoms with Crippen molar-refractivity contribution in [2.24, 2.45) is 5.92 Å². The Balaban J connectivity index is 1.80. The zero-order chi connectivity index (χ0) is 16.7. The van der Waals surface area contributed by atoms with E-state index in [1.165, 1.54) is 11.8 Å². The summed E-state index contributed by atoms with van der Waals surface area (Å²) in [5.41, 5.74) is 1.52. The summed E-state index contributed by atoms with van der Waals surface area (Å²) in [6.07, 6.45) is 3.92. The van der Waals surface area contributed by atoms with Gasteiger partial charge in [-0.05, 0) is 30.0 Å². The summed E-state index contributed by atoms with van der Waals surface area (Å²) in [4.78, 5) is 20.2. The van der Waals surface area contributed by atoms with Gasteiger partial charge in [0.1, 0.15) is 11.5 Å². The van der Waals surface area contributed by atoms with Gasteiger partial charge in [0.05, 0.1) is 12.4 Å². The fourth-order valence-corrected chi connectivity index (χ4v) is 2.04. The number of aromatic nitrogens is 2. The van der Waals surface area contributed by atoms with Gasteiger partial charge in [-0.1, -0.05) is 37.6 Å². The molecule has 1 aromatic heterocycles. The van der Waals surface area contributed by atoms with Crippen LogP contribution in [0, 0.1) is 5.92 Å². The molecule has 6 heteroatoms. The molecule has 0 saturated heterocycles.